The molecule has 4 aliphatic rings. The number of ether oxygens (including phenoxy) is 1. The fourth-order valence-electron chi connectivity index (χ4n) is 6.41. The number of benzene rings is 3. The van der Waals surface area contributed by atoms with E-state index >= 15 is 0 Å². The van der Waals surface area contributed by atoms with Crippen molar-refractivity contribution in [3.8, 4) is 11.5 Å². The first-order valence-corrected chi connectivity index (χ1v) is 13.0. The van der Waals surface area contributed by atoms with Crippen molar-refractivity contribution in [1.82, 2.24) is 4.90 Å². The minimum atomic E-state index is 0.128. The molecule has 4 fully saturated rings. The number of hydrogen-bond donors (Lipinski definition) is 3. The van der Waals surface area contributed by atoms with Crippen LogP contribution in [0, 0.1) is 17.8 Å². The zero-order chi connectivity index (χ0) is 24.6. The van der Waals surface area contributed by atoms with Crippen molar-refractivity contribution in [3.63, 3.8) is 0 Å². The normalized spacial score (nSPS) is 26.3. The van der Waals surface area contributed by atoms with Crippen LogP contribution in [0.1, 0.15) is 29.5 Å². The van der Waals surface area contributed by atoms with Crippen LogP contribution in [-0.4, -0.2) is 58.7 Å². The Hall–Kier alpha value is -3.12. The molecule has 5 heteroatoms. The number of allylic oxidation sites excluding steroid dienone is 1. The lowest BCUT2D eigenvalue weighted by molar-refractivity contribution is 0.136. The molecule has 5 atom stereocenters. The number of piperidine rings is 1. The summed E-state index contributed by atoms with van der Waals surface area (Å²) in [5.74, 6) is 3.53. The van der Waals surface area contributed by atoms with Gasteiger partial charge in [0, 0.05) is 25.2 Å². The minimum Gasteiger partial charge on any atom is -0.508 e. The molecule has 5 nitrogen and oxygen atoms in total. The van der Waals surface area contributed by atoms with Gasteiger partial charge in [-0.1, -0.05) is 54.6 Å². The number of phenols is 1. The highest BCUT2D eigenvalue weighted by molar-refractivity contribution is 5.98. The maximum Gasteiger partial charge on any atom is 0.119 e. The quantitative estimate of drug-likeness (QED) is 0.352. The van der Waals surface area contributed by atoms with Gasteiger partial charge in [-0.15, -0.1) is 0 Å². The van der Waals surface area contributed by atoms with Gasteiger partial charge in [-0.2, -0.15) is 0 Å². The second-order valence-corrected chi connectivity index (χ2v) is 10.2. The first-order valence-electron chi connectivity index (χ1n) is 13.0. The van der Waals surface area contributed by atoms with Gasteiger partial charge in [0.1, 0.15) is 18.1 Å². The molecule has 3 N–H and O–H groups in total. The number of nitrogens with zero attached hydrogens (tertiary/aromatic N) is 1. The summed E-state index contributed by atoms with van der Waals surface area (Å²) in [5.41, 5.74) is 5.46. The number of phenolic OH excluding ortho intramolecular Hbond substituents is 1. The molecule has 2 bridgehead atoms. The van der Waals surface area contributed by atoms with Crippen LogP contribution in [0.15, 0.2) is 78.9 Å². The number of fused-ring (bicyclic) bond motifs is 1. The summed E-state index contributed by atoms with van der Waals surface area (Å²) in [6.07, 6.45) is 1.41. The van der Waals surface area contributed by atoms with Crippen LogP contribution in [-0.2, 0) is 0 Å². The molecule has 0 spiro atoms. The Labute approximate surface area is 212 Å². The number of aromatic hydroxyl groups is 1. The summed E-state index contributed by atoms with van der Waals surface area (Å²) < 4.78 is 6.10. The fraction of sp³-hybridized carbons (Fsp3) is 0.355. The van der Waals surface area contributed by atoms with Crippen molar-refractivity contribution in [3.05, 3.63) is 95.6 Å². The van der Waals surface area contributed by atoms with Crippen LogP contribution in [0.2, 0.25) is 0 Å². The third-order valence-electron chi connectivity index (χ3n) is 8.21. The van der Waals surface area contributed by atoms with Crippen LogP contribution < -0.4 is 4.74 Å². The zero-order valence-electron chi connectivity index (χ0n) is 20.3. The van der Waals surface area contributed by atoms with Gasteiger partial charge in [-0.3, -0.25) is 4.90 Å². The maximum atomic E-state index is 9.87. The molecule has 3 aromatic rings. The lowest BCUT2D eigenvalue weighted by Gasteiger charge is -2.22. The van der Waals surface area contributed by atoms with E-state index in [1.54, 1.807) is 12.1 Å². The molecule has 0 radical (unpaired) electrons. The Balaban J connectivity index is 1.24. The SMILES string of the molecule is OCCC/C(=C(\c1ccc(O)cc1)c1ccc(OCCN2C3C4C([C@H]43)[C@H]2CO)cc1)c1ccccc1. The molecule has 0 aromatic heterocycles. The molecule has 2 aliphatic carbocycles. The van der Waals surface area contributed by atoms with Gasteiger partial charge in [-0.25, -0.2) is 0 Å². The second kappa shape index (κ2) is 9.74. The van der Waals surface area contributed by atoms with Crippen molar-refractivity contribution in [2.75, 3.05) is 26.4 Å². The van der Waals surface area contributed by atoms with E-state index in [4.69, 9.17) is 4.74 Å². The predicted molar refractivity (Wildman–Crippen MR) is 141 cm³/mol. The van der Waals surface area contributed by atoms with E-state index in [1.165, 1.54) is 0 Å². The molecule has 36 heavy (non-hydrogen) atoms. The van der Waals surface area contributed by atoms with Crippen LogP contribution in [0.4, 0.5) is 0 Å². The third-order valence-corrected chi connectivity index (χ3v) is 8.21. The van der Waals surface area contributed by atoms with Gasteiger partial charge >= 0.3 is 0 Å². The van der Waals surface area contributed by atoms with E-state index in [-0.39, 0.29) is 19.0 Å². The summed E-state index contributed by atoms with van der Waals surface area (Å²) >= 11 is 0. The maximum absolute atomic E-state index is 9.87. The van der Waals surface area contributed by atoms with Crippen LogP contribution in [0.5, 0.6) is 11.5 Å². The van der Waals surface area contributed by atoms with Gasteiger partial charge in [0.05, 0.1) is 6.61 Å². The molecule has 186 valence electrons. The van der Waals surface area contributed by atoms with E-state index in [0.717, 1.165) is 64.3 Å². The number of rotatable bonds is 11. The Kier molecular flexibility index (Phi) is 6.30. The second-order valence-electron chi connectivity index (χ2n) is 10.2. The molecular formula is C31H33NO4. The lowest BCUT2D eigenvalue weighted by Crippen LogP contribution is -2.36. The number of aliphatic hydroxyl groups excluding tert-OH is 2. The summed E-state index contributed by atoms with van der Waals surface area (Å²) in [6.45, 7) is 1.86. The monoisotopic (exact) mass is 483 g/mol. The highest BCUT2D eigenvalue weighted by Crippen LogP contribution is 2.77. The smallest absolute Gasteiger partial charge is 0.119 e. The highest BCUT2D eigenvalue weighted by atomic mass is 16.5. The fourth-order valence-corrected chi connectivity index (χ4v) is 6.41. The Morgan fingerprint density at radius 2 is 1.44 bits per heavy atom. The third kappa shape index (κ3) is 4.21. The van der Waals surface area contributed by atoms with Crippen LogP contribution >= 0.6 is 0 Å². The van der Waals surface area contributed by atoms with E-state index in [0.29, 0.717) is 25.1 Å². The summed E-state index contributed by atoms with van der Waals surface area (Å²) in [7, 11) is 0. The zero-order valence-corrected chi connectivity index (χ0v) is 20.3. The van der Waals surface area contributed by atoms with Crippen molar-refractivity contribution in [2.24, 2.45) is 17.8 Å². The molecule has 2 heterocycles. The lowest BCUT2D eigenvalue weighted by atomic mass is 9.87. The molecule has 3 unspecified atom stereocenters. The molecule has 3 aromatic carbocycles. The van der Waals surface area contributed by atoms with E-state index in [9.17, 15) is 15.3 Å². The summed E-state index contributed by atoms with van der Waals surface area (Å²) in [4.78, 5) is 2.45. The topological polar surface area (TPSA) is 73.2 Å². The molecule has 7 rings (SSSR count). The minimum absolute atomic E-state index is 0.128. The Bertz CT molecular complexity index is 1210. The van der Waals surface area contributed by atoms with Crippen LogP contribution in [0.3, 0.4) is 0 Å². The van der Waals surface area contributed by atoms with Crippen LogP contribution in [0.25, 0.3) is 11.1 Å². The van der Waals surface area contributed by atoms with E-state index in [2.05, 4.69) is 29.2 Å². The first kappa shape index (κ1) is 23.3. The van der Waals surface area contributed by atoms with Crippen molar-refractivity contribution in [2.45, 2.75) is 24.9 Å². The molecule has 2 aliphatic heterocycles. The van der Waals surface area contributed by atoms with Gasteiger partial charge in [0.2, 0.25) is 0 Å². The molecule has 2 saturated heterocycles. The van der Waals surface area contributed by atoms with E-state index in [1.807, 2.05) is 42.5 Å². The standard InChI is InChI=1S/C31H33NO4/c33-17-4-7-25(20-5-2-1-3-6-20)27(21-8-12-23(35)13-9-21)22-10-14-24(15-11-22)36-18-16-32-26(19-34)28-29-30(28)31(29)32/h1-3,5-6,8-15,26,28-31,33-35H,4,7,16-19H2/b27-25-/t26-,28?,29-,30?,31?/m1/s1. The summed E-state index contributed by atoms with van der Waals surface area (Å²) in [6, 6.07) is 26.9. The Morgan fingerprint density at radius 3 is 2.08 bits per heavy atom. The summed E-state index contributed by atoms with van der Waals surface area (Å²) in [5, 5.41) is 29.2. The molecule has 2 saturated carbocycles. The van der Waals surface area contributed by atoms with Crippen molar-refractivity contribution < 1.29 is 20.1 Å². The van der Waals surface area contributed by atoms with Crippen molar-refractivity contribution in [1.29, 1.82) is 0 Å². The Morgan fingerprint density at radius 1 is 0.778 bits per heavy atom. The average Bonchev–Trinajstić information content (AvgIpc) is 3.77. The largest absolute Gasteiger partial charge is 0.508 e. The highest BCUT2D eigenvalue weighted by Gasteiger charge is 2.83. The van der Waals surface area contributed by atoms with Gasteiger partial charge in [0.15, 0.2) is 0 Å². The number of hydrogen-bond acceptors (Lipinski definition) is 5. The molecular weight excluding hydrogens is 450 g/mol. The van der Waals surface area contributed by atoms with E-state index < -0.39 is 0 Å². The van der Waals surface area contributed by atoms with Crippen molar-refractivity contribution >= 4 is 11.1 Å². The average molecular weight is 484 g/mol. The predicted octanol–water partition coefficient (Wildman–Crippen LogP) is 4.42. The van der Waals surface area contributed by atoms with Gasteiger partial charge in [0.25, 0.3) is 0 Å². The van der Waals surface area contributed by atoms with Gasteiger partial charge in [-0.05, 0) is 82.7 Å². The number of aliphatic hydroxyl groups is 2. The molecule has 0 amide bonds. The van der Waals surface area contributed by atoms with Gasteiger partial charge < -0.3 is 20.1 Å². The first-order chi connectivity index (χ1) is 17.7.